The van der Waals surface area contributed by atoms with Crippen molar-refractivity contribution in [1.29, 1.82) is 0 Å². The van der Waals surface area contributed by atoms with Gasteiger partial charge >= 0.3 is 6.18 Å². The van der Waals surface area contributed by atoms with Crippen LogP contribution in [-0.4, -0.2) is 15.0 Å². The quantitative estimate of drug-likeness (QED) is 0.750. The Hall–Kier alpha value is -2.70. The number of benzene rings is 1. The minimum absolute atomic E-state index is 0.0980. The highest BCUT2D eigenvalue weighted by molar-refractivity contribution is 5.80. The Labute approximate surface area is 122 Å². The van der Waals surface area contributed by atoms with Gasteiger partial charge in [-0.05, 0) is 36.8 Å². The average molecular weight is 305 g/mol. The van der Waals surface area contributed by atoms with E-state index in [0.29, 0.717) is 5.56 Å². The van der Waals surface area contributed by atoms with E-state index < -0.39 is 17.3 Å². The summed E-state index contributed by atoms with van der Waals surface area (Å²) in [7, 11) is 0. The number of pyridine rings is 1. The van der Waals surface area contributed by atoms with Crippen LogP contribution >= 0.6 is 0 Å². The number of halogens is 3. The van der Waals surface area contributed by atoms with Crippen molar-refractivity contribution in [2.24, 2.45) is 0 Å². The van der Waals surface area contributed by atoms with Gasteiger partial charge in [-0.1, -0.05) is 0 Å². The van der Waals surface area contributed by atoms with Crippen molar-refractivity contribution in [1.82, 2.24) is 15.0 Å². The molecule has 1 aromatic carbocycles. The Balaban J connectivity index is 2.20. The molecule has 0 spiro atoms. The Morgan fingerprint density at radius 2 is 1.91 bits per heavy atom. The molecule has 0 aliphatic carbocycles. The number of hydrogen-bond donors (Lipinski definition) is 1. The van der Waals surface area contributed by atoms with Crippen molar-refractivity contribution < 1.29 is 13.2 Å². The number of nitrogens with zero attached hydrogens (tertiary/aromatic N) is 2. The molecule has 3 rings (SSSR count). The normalized spacial score (nSPS) is 11.8. The van der Waals surface area contributed by atoms with Gasteiger partial charge in [0, 0.05) is 18.0 Å². The third kappa shape index (κ3) is 2.57. The predicted molar refractivity (Wildman–Crippen MR) is 75.3 cm³/mol. The summed E-state index contributed by atoms with van der Waals surface area (Å²) in [6.45, 7) is 1.84. The molecular formula is C15H10F3N3O. The second kappa shape index (κ2) is 4.94. The van der Waals surface area contributed by atoms with Crippen molar-refractivity contribution in [2.45, 2.75) is 13.1 Å². The van der Waals surface area contributed by atoms with Gasteiger partial charge in [0.2, 0.25) is 0 Å². The SMILES string of the molecule is Cc1cncc(-c2nc3ccc(C(F)(F)F)cc3c(=O)[nH]2)c1. The first-order valence-corrected chi connectivity index (χ1v) is 6.38. The summed E-state index contributed by atoms with van der Waals surface area (Å²) in [5.74, 6) is 0.272. The number of aryl methyl sites for hydroxylation is 1. The lowest BCUT2D eigenvalue weighted by atomic mass is 10.1. The predicted octanol–water partition coefficient (Wildman–Crippen LogP) is 3.31. The molecule has 22 heavy (non-hydrogen) atoms. The average Bonchev–Trinajstić information content (AvgIpc) is 2.46. The molecule has 0 saturated carbocycles. The minimum atomic E-state index is -4.50. The Morgan fingerprint density at radius 3 is 2.59 bits per heavy atom. The molecule has 1 N–H and O–H groups in total. The monoisotopic (exact) mass is 305 g/mol. The molecule has 7 heteroatoms. The Bertz CT molecular complexity index is 916. The molecule has 0 saturated heterocycles. The first kappa shape index (κ1) is 14.2. The van der Waals surface area contributed by atoms with Crippen LogP contribution < -0.4 is 5.56 Å². The number of nitrogens with one attached hydrogen (secondary N) is 1. The van der Waals surface area contributed by atoms with E-state index in [2.05, 4.69) is 15.0 Å². The molecule has 0 unspecified atom stereocenters. The zero-order chi connectivity index (χ0) is 15.9. The second-order valence-electron chi connectivity index (χ2n) is 4.90. The van der Waals surface area contributed by atoms with Crippen LogP contribution in [0.1, 0.15) is 11.1 Å². The number of H-pyrrole nitrogens is 1. The maximum absolute atomic E-state index is 12.7. The van der Waals surface area contributed by atoms with Crippen LogP contribution in [0.25, 0.3) is 22.3 Å². The lowest BCUT2D eigenvalue weighted by Crippen LogP contribution is -2.12. The topological polar surface area (TPSA) is 58.6 Å². The maximum atomic E-state index is 12.7. The van der Waals surface area contributed by atoms with Gasteiger partial charge in [-0.25, -0.2) is 4.98 Å². The number of alkyl halides is 3. The van der Waals surface area contributed by atoms with E-state index in [4.69, 9.17) is 0 Å². The number of rotatable bonds is 1. The maximum Gasteiger partial charge on any atom is 0.416 e. The fraction of sp³-hybridized carbons (Fsp3) is 0.133. The number of hydrogen-bond acceptors (Lipinski definition) is 3. The highest BCUT2D eigenvalue weighted by Crippen LogP contribution is 2.30. The van der Waals surface area contributed by atoms with Gasteiger partial charge in [0.15, 0.2) is 0 Å². The van der Waals surface area contributed by atoms with Crippen LogP contribution in [0.2, 0.25) is 0 Å². The van der Waals surface area contributed by atoms with Crippen LogP contribution in [0.15, 0.2) is 41.5 Å². The van der Waals surface area contributed by atoms with Crippen LogP contribution in [0.3, 0.4) is 0 Å². The van der Waals surface area contributed by atoms with Crippen molar-refractivity contribution in [3.63, 3.8) is 0 Å². The first-order valence-electron chi connectivity index (χ1n) is 6.38. The van der Waals surface area contributed by atoms with E-state index in [1.54, 1.807) is 12.3 Å². The molecule has 3 aromatic rings. The van der Waals surface area contributed by atoms with Gasteiger partial charge in [0.1, 0.15) is 5.82 Å². The van der Waals surface area contributed by atoms with Gasteiger partial charge in [-0.2, -0.15) is 13.2 Å². The van der Waals surface area contributed by atoms with Crippen molar-refractivity contribution in [2.75, 3.05) is 0 Å². The summed E-state index contributed by atoms with van der Waals surface area (Å²) >= 11 is 0. The second-order valence-corrected chi connectivity index (χ2v) is 4.90. The van der Waals surface area contributed by atoms with E-state index in [0.717, 1.165) is 17.7 Å². The largest absolute Gasteiger partial charge is 0.416 e. The lowest BCUT2D eigenvalue weighted by molar-refractivity contribution is -0.137. The summed E-state index contributed by atoms with van der Waals surface area (Å²) in [6, 6.07) is 4.69. The number of aromatic nitrogens is 3. The van der Waals surface area contributed by atoms with E-state index >= 15 is 0 Å². The molecule has 0 amide bonds. The zero-order valence-electron chi connectivity index (χ0n) is 11.4. The third-order valence-corrected chi connectivity index (χ3v) is 3.18. The summed E-state index contributed by atoms with van der Waals surface area (Å²) in [6.07, 6.45) is -1.32. The smallest absolute Gasteiger partial charge is 0.306 e. The van der Waals surface area contributed by atoms with Crippen molar-refractivity contribution in [3.05, 3.63) is 58.1 Å². The molecule has 0 atom stereocenters. The van der Waals surface area contributed by atoms with Crippen LogP contribution in [0, 0.1) is 6.92 Å². The van der Waals surface area contributed by atoms with Gasteiger partial charge in [0.05, 0.1) is 16.5 Å². The van der Waals surface area contributed by atoms with Gasteiger partial charge in [-0.3, -0.25) is 9.78 Å². The van der Waals surface area contributed by atoms with Crippen LogP contribution in [0.4, 0.5) is 13.2 Å². The highest BCUT2D eigenvalue weighted by atomic mass is 19.4. The van der Waals surface area contributed by atoms with Gasteiger partial charge in [0.25, 0.3) is 5.56 Å². The van der Waals surface area contributed by atoms with Crippen molar-refractivity contribution in [3.8, 4) is 11.4 Å². The molecule has 0 bridgehead atoms. The van der Waals surface area contributed by atoms with Gasteiger partial charge < -0.3 is 4.98 Å². The van der Waals surface area contributed by atoms with E-state index in [-0.39, 0.29) is 16.7 Å². The van der Waals surface area contributed by atoms with Gasteiger partial charge in [-0.15, -0.1) is 0 Å². The van der Waals surface area contributed by atoms with E-state index in [1.807, 2.05) is 6.92 Å². The zero-order valence-corrected chi connectivity index (χ0v) is 11.4. The van der Waals surface area contributed by atoms with Crippen LogP contribution in [-0.2, 0) is 6.18 Å². The fourth-order valence-corrected chi connectivity index (χ4v) is 2.14. The first-order chi connectivity index (χ1) is 10.3. The fourth-order valence-electron chi connectivity index (χ4n) is 2.14. The molecule has 0 aliphatic heterocycles. The summed E-state index contributed by atoms with van der Waals surface area (Å²) in [4.78, 5) is 22.8. The molecule has 2 aromatic heterocycles. The summed E-state index contributed by atoms with van der Waals surface area (Å²) in [5, 5.41) is -0.0980. The Kier molecular flexibility index (Phi) is 3.20. The standard InChI is InChI=1S/C15H10F3N3O/c1-8-4-9(7-19-6-8)13-20-12-3-2-10(15(16,17)18)5-11(12)14(22)21-13/h2-7H,1H3,(H,20,21,22). The van der Waals surface area contributed by atoms with E-state index in [9.17, 15) is 18.0 Å². The molecule has 0 radical (unpaired) electrons. The van der Waals surface area contributed by atoms with Crippen LogP contribution in [0.5, 0.6) is 0 Å². The van der Waals surface area contributed by atoms with E-state index in [1.165, 1.54) is 12.3 Å². The summed E-state index contributed by atoms with van der Waals surface area (Å²) < 4.78 is 38.1. The molecular weight excluding hydrogens is 295 g/mol. The molecule has 0 aliphatic rings. The molecule has 0 fully saturated rings. The minimum Gasteiger partial charge on any atom is -0.306 e. The molecule has 112 valence electrons. The Morgan fingerprint density at radius 1 is 1.14 bits per heavy atom. The third-order valence-electron chi connectivity index (χ3n) is 3.18. The number of fused-ring (bicyclic) bond motifs is 1. The highest BCUT2D eigenvalue weighted by Gasteiger charge is 2.30. The molecule has 4 nitrogen and oxygen atoms in total. The van der Waals surface area contributed by atoms with Crippen molar-refractivity contribution >= 4 is 10.9 Å². The molecule has 2 heterocycles. The summed E-state index contributed by atoms with van der Waals surface area (Å²) in [5.41, 5.74) is 0.185. The lowest BCUT2D eigenvalue weighted by Gasteiger charge is -2.08. The number of aromatic amines is 1.